The minimum atomic E-state index is -0.155. The Bertz CT molecular complexity index is 514. The van der Waals surface area contributed by atoms with Gasteiger partial charge in [0.15, 0.2) is 0 Å². The first kappa shape index (κ1) is 21.7. The van der Waals surface area contributed by atoms with Crippen LogP contribution in [0, 0.1) is 41.4 Å². The summed E-state index contributed by atoms with van der Waals surface area (Å²) in [7, 11) is 0. The molecule has 0 N–H and O–H groups in total. The summed E-state index contributed by atoms with van der Waals surface area (Å²) >= 11 is 0. The van der Waals surface area contributed by atoms with Gasteiger partial charge >= 0.3 is 0 Å². The minimum absolute atomic E-state index is 0. The van der Waals surface area contributed by atoms with Crippen LogP contribution in [0.1, 0.15) is 26.2 Å². The van der Waals surface area contributed by atoms with Crippen LogP contribution < -0.4 is 0 Å². The predicted molar refractivity (Wildman–Crippen MR) is 78.6 cm³/mol. The topological polar surface area (TPSA) is 51.2 Å². The van der Waals surface area contributed by atoms with Gasteiger partial charge in [0.25, 0.3) is 0 Å². The zero-order valence-corrected chi connectivity index (χ0v) is 19.0. The van der Waals surface area contributed by atoms with E-state index in [1.54, 1.807) is 6.92 Å². The Hall–Kier alpha value is 0.698. The van der Waals surface area contributed by atoms with Gasteiger partial charge in [0, 0.05) is 71.3 Å². The summed E-state index contributed by atoms with van der Waals surface area (Å²) in [6.45, 7) is 1.57. The third-order valence-electron chi connectivity index (χ3n) is 5.50. The summed E-state index contributed by atoms with van der Waals surface area (Å²) in [4.78, 5) is 32.0. The number of carbonyl (C=O) groups is 1. The number of Topliss-reactive ketones (excluding diaryl/α,β-unsaturated/α-hetero) is 1. The van der Waals surface area contributed by atoms with Crippen LogP contribution in [0.5, 0.6) is 0 Å². The van der Waals surface area contributed by atoms with Gasteiger partial charge in [0.1, 0.15) is 5.78 Å². The first-order valence-electron chi connectivity index (χ1n) is 7.76. The van der Waals surface area contributed by atoms with Crippen LogP contribution in [-0.2, 0) is 79.8 Å². The molecule has 7 atom stereocenters. The number of carbonyl (C=O) groups excluding carboxylic acids is 3. The standard InChI is InChI=1S/C10H11O2.C8H9O.2Y/c1-6(12)10-8-3-2-7(4-8)9(10)5-11;9-5-8-4-6-1-2-7(8)3-6;;/h2-3,7-10H,4H2,1H3;1-2,6-8H,3-4H2;;/q2*-1;;/t7-,8+,9?,10?;6-,7+,8?;;/m01../s1. The van der Waals surface area contributed by atoms with Crippen LogP contribution in [0.4, 0.5) is 0 Å². The van der Waals surface area contributed by atoms with Crippen LogP contribution >= 0.6 is 0 Å². The van der Waals surface area contributed by atoms with E-state index in [0.29, 0.717) is 23.7 Å². The molecule has 2 radical (unpaired) electrons. The number of allylic oxidation sites excluding steroid dienone is 4. The van der Waals surface area contributed by atoms with Crippen molar-refractivity contribution in [2.45, 2.75) is 26.2 Å². The van der Waals surface area contributed by atoms with Crippen LogP contribution in [0.2, 0.25) is 0 Å². The monoisotopic (exact) mass is 462 g/mol. The van der Waals surface area contributed by atoms with E-state index in [2.05, 4.69) is 30.6 Å². The normalized spacial score (nSPS) is 40.7. The number of hydrogen-bond acceptors (Lipinski definition) is 3. The van der Waals surface area contributed by atoms with E-state index in [-0.39, 0.29) is 89.0 Å². The maximum atomic E-state index is 11.2. The molecule has 4 aliphatic rings. The van der Waals surface area contributed by atoms with E-state index in [1.807, 2.05) is 6.29 Å². The molecule has 5 heteroatoms. The molecule has 0 aromatic carbocycles. The molecule has 2 fully saturated rings. The zero-order chi connectivity index (χ0) is 15.0. The molecule has 0 heterocycles. The molecule has 3 nitrogen and oxygen atoms in total. The van der Waals surface area contributed by atoms with E-state index >= 15 is 0 Å². The van der Waals surface area contributed by atoms with Gasteiger partial charge in [-0.1, -0.05) is 30.7 Å². The fourth-order valence-corrected chi connectivity index (χ4v) is 4.45. The molecule has 3 unspecified atom stereocenters. The molecule has 0 amide bonds. The Morgan fingerprint density at radius 3 is 1.91 bits per heavy atom. The van der Waals surface area contributed by atoms with E-state index in [0.717, 1.165) is 12.8 Å². The van der Waals surface area contributed by atoms with Crippen LogP contribution in [-0.4, -0.2) is 18.4 Å². The molecule has 0 spiro atoms. The largest absolute Gasteiger partial charge is 0.541 e. The fourth-order valence-electron chi connectivity index (χ4n) is 4.45. The summed E-state index contributed by atoms with van der Waals surface area (Å²) in [6, 6.07) is 0. The third-order valence-corrected chi connectivity index (χ3v) is 5.50. The SMILES string of the molecule is CC(=O)C1C([C-]=O)[C@H]2C=C[C@@H]1C2.O=[C-]C1C[C@@H]2C=C[C@H]1C2.[Y].[Y]. The second kappa shape index (κ2) is 9.41. The van der Waals surface area contributed by atoms with Crippen LogP contribution in [0.15, 0.2) is 24.3 Å². The van der Waals surface area contributed by atoms with Crippen molar-refractivity contribution in [2.75, 3.05) is 0 Å². The minimum Gasteiger partial charge on any atom is -0.541 e. The van der Waals surface area contributed by atoms with E-state index in [1.165, 1.54) is 6.42 Å². The maximum Gasteiger partial charge on any atom is 0.131 e. The van der Waals surface area contributed by atoms with Crippen molar-refractivity contribution in [3.8, 4) is 0 Å². The van der Waals surface area contributed by atoms with Crippen molar-refractivity contribution < 1.29 is 79.8 Å². The second-order valence-electron chi connectivity index (χ2n) is 6.73. The van der Waals surface area contributed by atoms with Crippen molar-refractivity contribution in [1.29, 1.82) is 0 Å². The summed E-state index contributed by atoms with van der Waals surface area (Å²) in [5.41, 5.74) is 0. The maximum absolute atomic E-state index is 11.2. The summed E-state index contributed by atoms with van der Waals surface area (Å²) < 4.78 is 0. The Morgan fingerprint density at radius 1 is 0.870 bits per heavy atom. The van der Waals surface area contributed by atoms with Gasteiger partial charge in [-0.05, 0) is 43.4 Å². The predicted octanol–water partition coefficient (Wildman–Crippen LogP) is 2.43. The van der Waals surface area contributed by atoms with Crippen LogP contribution in [0.3, 0.4) is 0 Å². The molecule has 118 valence electrons. The van der Waals surface area contributed by atoms with Gasteiger partial charge in [-0.15, -0.1) is 11.8 Å². The summed E-state index contributed by atoms with van der Waals surface area (Å²) in [6.07, 6.45) is 15.9. The van der Waals surface area contributed by atoms with Crippen molar-refractivity contribution in [1.82, 2.24) is 0 Å². The molecule has 0 aromatic rings. The second-order valence-corrected chi connectivity index (χ2v) is 6.73. The number of hydrogen-bond donors (Lipinski definition) is 0. The molecule has 0 aromatic heterocycles. The molecule has 4 aliphatic carbocycles. The van der Waals surface area contributed by atoms with Gasteiger partial charge in [-0.3, -0.25) is 17.4 Å². The van der Waals surface area contributed by atoms with Crippen molar-refractivity contribution in [3.05, 3.63) is 24.3 Å². The Kier molecular flexibility index (Phi) is 8.89. The smallest absolute Gasteiger partial charge is 0.131 e. The number of fused-ring (bicyclic) bond motifs is 4. The molecule has 23 heavy (non-hydrogen) atoms. The molecular weight excluding hydrogens is 442 g/mol. The summed E-state index contributed by atoms with van der Waals surface area (Å²) in [5, 5.41) is 0. The first-order valence-corrected chi connectivity index (χ1v) is 7.76. The van der Waals surface area contributed by atoms with Gasteiger partial charge in [0.2, 0.25) is 0 Å². The third kappa shape index (κ3) is 4.46. The average molecular weight is 462 g/mol. The van der Waals surface area contributed by atoms with Crippen molar-refractivity contribution in [2.24, 2.45) is 41.4 Å². The quantitative estimate of drug-likeness (QED) is 0.479. The van der Waals surface area contributed by atoms with E-state index in [9.17, 15) is 14.4 Å². The molecule has 0 saturated heterocycles. The van der Waals surface area contributed by atoms with Gasteiger partial charge in [-0.25, -0.2) is 0 Å². The van der Waals surface area contributed by atoms with Crippen molar-refractivity contribution >= 4 is 18.4 Å². The van der Waals surface area contributed by atoms with Gasteiger partial charge in [-0.2, -0.15) is 0 Å². The Labute approximate surface area is 188 Å². The zero-order valence-electron chi connectivity index (χ0n) is 13.4. The Balaban J connectivity index is 0.000000218. The number of ketones is 1. The molecule has 4 rings (SSSR count). The molecule has 0 aliphatic heterocycles. The van der Waals surface area contributed by atoms with E-state index in [4.69, 9.17) is 0 Å². The molecule has 2 saturated carbocycles. The molecular formula is C18H20O3Y2-2. The number of rotatable bonds is 3. The average Bonchev–Trinajstić information content (AvgIpc) is 3.25. The fraction of sp³-hybridized carbons (Fsp3) is 0.611. The molecule has 4 bridgehead atoms. The Morgan fingerprint density at radius 2 is 1.52 bits per heavy atom. The van der Waals surface area contributed by atoms with Gasteiger partial charge in [0.05, 0.1) is 0 Å². The summed E-state index contributed by atoms with van der Waals surface area (Å²) in [5.74, 6) is 2.02. The first-order chi connectivity index (χ1) is 10.1. The van der Waals surface area contributed by atoms with Crippen molar-refractivity contribution in [3.63, 3.8) is 0 Å². The van der Waals surface area contributed by atoms with Gasteiger partial charge < -0.3 is 9.59 Å². The van der Waals surface area contributed by atoms with E-state index < -0.39 is 0 Å². The van der Waals surface area contributed by atoms with Crippen LogP contribution in [0.25, 0.3) is 0 Å².